The maximum absolute atomic E-state index is 12.6. The van der Waals surface area contributed by atoms with Gasteiger partial charge in [0.15, 0.2) is 0 Å². The highest BCUT2D eigenvalue weighted by atomic mass is 32.2. The highest BCUT2D eigenvalue weighted by Gasteiger charge is 2.22. The van der Waals surface area contributed by atoms with E-state index in [0.29, 0.717) is 11.3 Å². The average Bonchev–Trinajstić information content (AvgIpc) is 2.60. The number of hydrogen-bond donors (Lipinski definition) is 2. The van der Waals surface area contributed by atoms with Crippen molar-refractivity contribution >= 4 is 32.4 Å². The molecule has 27 heavy (non-hydrogen) atoms. The molecule has 140 valence electrons. The van der Waals surface area contributed by atoms with Crippen molar-refractivity contribution in [2.24, 2.45) is 0 Å². The van der Waals surface area contributed by atoms with Crippen molar-refractivity contribution in [3.63, 3.8) is 0 Å². The summed E-state index contributed by atoms with van der Waals surface area (Å²) >= 11 is 0. The van der Waals surface area contributed by atoms with Gasteiger partial charge < -0.3 is 5.32 Å². The number of sulfonamides is 1. The van der Waals surface area contributed by atoms with Crippen molar-refractivity contribution < 1.29 is 13.2 Å². The molecule has 0 saturated heterocycles. The van der Waals surface area contributed by atoms with Crippen LogP contribution in [0.3, 0.4) is 0 Å². The number of amides is 1. The third-order valence-electron chi connectivity index (χ3n) is 3.91. The van der Waals surface area contributed by atoms with Gasteiger partial charge in [0, 0.05) is 22.2 Å². The molecule has 0 radical (unpaired) electrons. The molecule has 0 atom stereocenters. The van der Waals surface area contributed by atoms with Crippen LogP contribution >= 0.6 is 0 Å². The molecule has 0 aliphatic carbocycles. The van der Waals surface area contributed by atoms with Gasteiger partial charge in [0.2, 0.25) is 10.0 Å². The Hall–Kier alpha value is -2.70. The minimum Gasteiger partial charge on any atom is -0.321 e. The highest BCUT2D eigenvalue weighted by Crippen LogP contribution is 2.23. The monoisotopic (exact) mass is 382 g/mol. The third-order valence-corrected chi connectivity index (χ3v) is 5.68. The zero-order valence-corrected chi connectivity index (χ0v) is 16.3. The Kier molecular flexibility index (Phi) is 5.04. The summed E-state index contributed by atoms with van der Waals surface area (Å²) in [5.41, 5.74) is 0.519. The molecular formula is C21H22N2O3S. The number of benzene rings is 3. The molecule has 0 aliphatic rings. The number of rotatable bonds is 4. The SMILES string of the molecule is CC(C)(C)NS(=O)(=O)c1ccc(C(=O)Nc2cccc3ccccc23)cc1. The molecule has 0 aliphatic heterocycles. The van der Waals surface area contributed by atoms with E-state index < -0.39 is 15.6 Å². The number of carbonyl (C=O) groups is 1. The molecule has 5 nitrogen and oxygen atoms in total. The molecule has 0 bridgehead atoms. The van der Waals surface area contributed by atoms with Crippen LogP contribution in [-0.4, -0.2) is 19.9 Å². The van der Waals surface area contributed by atoms with E-state index in [4.69, 9.17) is 0 Å². The molecule has 2 N–H and O–H groups in total. The standard InChI is InChI=1S/C21H22N2O3S/c1-21(2,3)23-27(25,26)17-13-11-16(12-14-17)20(24)22-19-10-6-8-15-7-4-5-9-18(15)19/h4-14,23H,1-3H3,(H,22,24). The third kappa shape index (κ3) is 4.53. The van der Waals surface area contributed by atoms with Gasteiger partial charge in [-0.25, -0.2) is 13.1 Å². The summed E-state index contributed by atoms with van der Waals surface area (Å²) in [6.45, 7) is 5.32. The smallest absolute Gasteiger partial charge is 0.255 e. The van der Waals surface area contributed by atoms with Crippen LogP contribution in [0.2, 0.25) is 0 Å². The summed E-state index contributed by atoms with van der Waals surface area (Å²) in [7, 11) is -3.63. The maximum Gasteiger partial charge on any atom is 0.255 e. The molecule has 3 aromatic rings. The summed E-state index contributed by atoms with van der Waals surface area (Å²) in [6.07, 6.45) is 0. The Labute approximate surface area is 159 Å². The molecule has 0 spiro atoms. The number of nitrogens with one attached hydrogen (secondary N) is 2. The Bertz CT molecular complexity index is 1080. The predicted molar refractivity (Wildman–Crippen MR) is 108 cm³/mol. The predicted octanol–water partition coefficient (Wildman–Crippen LogP) is 4.17. The summed E-state index contributed by atoms with van der Waals surface area (Å²) < 4.78 is 27.3. The molecule has 3 rings (SSSR count). The van der Waals surface area contributed by atoms with Gasteiger partial charge in [0.1, 0.15) is 0 Å². The van der Waals surface area contributed by atoms with Crippen molar-refractivity contribution in [2.75, 3.05) is 5.32 Å². The molecule has 0 heterocycles. The van der Waals surface area contributed by atoms with Gasteiger partial charge in [0.25, 0.3) is 5.91 Å². The first-order valence-corrected chi connectivity index (χ1v) is 10.1. The van der Waals surface area contributed by atoms with Crippen LogP contribution in [0.1, 0.15) is 31.1 Å². The van der Waals surface area contributed by atoms with Crippen molar-refractivity contribution in [1.82, 2.24) is 4.72 Å². The van der Waals surface area contributed by atoms with E-state index in [-0.39, 0.29) is 10.8 Å². The van der Waals surface area contributed by atoms with Crippen LogP contribution in [0.5, 0.6) is 0 Å². The van der Waals surface area contributed by atoms with Crippen LogP contribution in [0.4, 0.5) is 5.69 Å². The van der Waals surface area contributed by atoms with E-state index in [1.54, 1.807) is 20.8 Å². The van der Waals surface area contributed by atoms with Crippen molar-refractivity contribution in [2.45, 2.75) is 31.2 Å². The number of carbonyl (C=O) groups excluding carboxylic acids is 1. The minimum absolute atomic E-state index is 0.124. The van der Waals surface area contributed by atoms with E-state index in [1.165, 1.54) is 24.3 Å². The van der Waals surface area contributed by atoms with Crippen molar-refractivity contribution in [3.8, 4) is 0 Å². The Morgan fingerprint density at radius 2 is 1.48 bits per heavy atom. The maximum atomic E-state index is 12.6. The second-order valence-corrected chi connectivity index (χ2v) is 9.04. The van der Waals surface area contributed by atoms with Gasteiger partial charge in [-0.3, -0.25) is 4.79 Å². The zero-order chi connectivity index (χ0) is 19.7. The summed E-state index contributed by atoms with van der Waals surface area (Å²) in [5.74, 6) is -0.293. The lowest BCUT2D eigenvalue weighted by molar-refractivity contribution is 0.102. The summed E-state index contributed by atoms with van der Waals surface area (Å²) in [4.78, 5) is 12.7. The topological polar surface area (TPSA) is 75.3 Å². The van der Waals surface area contributed by atoms with E-state index in [0.717, 1.165) is 10.8 Å². The average molecular weight is 382 g/mol. The number of anilines is 1. The summed E-state index contributed by atoms with van der Waals surface area (Å²) in [6, 6.07) is 19.4. The molecule has 0 fully saturated rings. The van der Waals surface area contributed by atoms with E-state index >= 15 is 0 Å². The molecule has 1 amide bonds. The first-order chi connectivity index (χ1) is 12.7. The van der Waals surface area contributed by atoms with Crippen LogP contribution in [0, 0.1) is 0 Å². The number of fused-ring (bicyclic) bond motifs is 1. The Morgan fingerprint density at radius 1 is 0.852 bits per heavy atom. The van der Waals surface area contributed by atoms with Gasteiger partial charge in [-0.2, -0.15) is 0 Å². The largest absolute Gasteiger partial charge is 0.321 e. The first-order valence-electron chi connectivity index (χ1n) is 8.59. The van der Waals surface area contributed by atoms with Gasteiger partial charge in [-0.1, -0.05) is 36.4 Å². The fourth-order valence-corrected chi connectivity index (χ4v) is 4.19. The van der Waals surface area contributed by atoms with Crippen molar-refractivity contribution in [1.29, 1.82) is 0 Å². The van der Waals surface area contributed by atoms with Gasteiger partial charge in [-0.15, -0.1) is 0 Å². The van der Waals surface area contributed by atoms with Crippen molar-refractivity contribution in [3.05, 3.63) is 72.3 Å². The molecule has 0 aromatic heterocycles. The van der Waals surface area contributed by atoms with Gasteiger partial charge in [-0.05, 0) is 56.5 Å². The van der Waals surface area contributed by atoms with Crippen LogP contribution in [0.25, 0.3) is 10.8 Å². The lowest BCUT2D eigenvalue weighted by Crippen LogP contribution is -2.40. The van der Waals surface area contributed by atoms with Gasteiger partial charge >= 0.3 is 0 Å². The lowest BCUT2D eigenvalue weighted by atomic mass is 10.1. The molecular weight excluding hydrogens is 360 g/mol. The molecule has 0 unspecified atom stereocenters. The summed E-state index contributed by atoms with van der Waals surface area (Å²) in [5, 5.41) is 4.87. The highest BCUT2D eigenvalue weighted by molar-refractivity contribution is 7.89. The Balaban J connectivity index is 1.82. The quantitative estimate of drug-likeness (QED) is 0.711. The number of hydrogen-bond acceptors (Lipinski definition) is 3. The first kappa shape index (κ1) is 19.1. The second kappa shape index (κ2) is 7.13. The van der Waals surface area contributed by atoms with Crippen LogP contribution in [-0.2, 0) is 10.0 Å². The van der Waals surface area contributed by atoms with E-state index in [1.807, 2.05) is 42.5 Å². The van der Waals surface area contributed by atoms with Crippen LogP contribution < -0.4 is 10.0 Å². The fraction of sp³-hybridized carbons (Fsp3) is 0.190. The normalized spacial score (nSPS) is 12.1. The second-order valence-electron chi connectivity index (χ2n) is 7.36. The molecule has 0 saturated carbocycles. The molecule has 3 aromatic carbocycles. The Morgan fingerprint density at radius 3 is 2.15 bits per heavy atom. The van der Waals surface area contributed by atoms with Crippen LogP contribution in [0.15, 0.2) is 71.6 Å². The lowest BCUT2D eigenvalue weighted by Gasteiger charge is -2.20. The van der Waals surface area contributed by atoms with Gasteiger partial charge in [0.05, 0.1) is 4.90 Å². The zero-order valence-electron chi connectivity index (χ0n) is 15.5. The fourth-order valence-electron chi connectivity index (χ4n) is 2.78. The molecule has 6 heteroatoms. The van der Waals surface area contributed by atoms with E-state index in [2.05, 4.69) is 10.0 Å². The minimum atomic E-state index is -3.63. The van der Waals surface area contributed by atoms with E-state index in [9.17, 15) is 13.2 Å².